The fraction of sp³-hybridized carbons (Fsp3) is 0.378. The molecule has 194 valence electrons. The Hall–Kier alpha value is -3.19. The minimum atomic E-state index is -0.111. The second-order valence-corrected chi connectivity index (χ2v) is 13.8. The van der Waals surface area contributed by atoms with Crippen LogP contribution in [-0.4, -0.2) is 5.78 Å². The summed E-state index contributed by atoms with van der Waals surface area (Å²) in [6.45, 7) is 18.8. The molecule has 1 unspecified atom stereocenters. The van der Waals surface area contributed by atoms with Crippen LogP contribution in [0, 0.1) is 11.3 Å². The molecule has 0 aromatic heterocycles. The van der Waals surface area contributed by atoms with Crippen molar-refractivity contribution in [3.8, 4) is 11.1 Å². The Morgan fingerprint density at radius 2 is 1.21 bits per heavy atom. The maximum atomic E-state index is 14.1. The highest BCUT2D eigenvalue weighted by molar-refractivity contribution is 6.10. The Bertz CT molecular complexity index is 1550. The number of Topliss-reactive ketones (excluding diaryl/α,β-unsaturated/α-hetero) is 1. The highest BCUT2D eigenvalue weighted by atomic mass is 16.1. The fourth-order valence-corrected chi connectivity index (χ4v) is 7.32. The van der Waals surface area contributed by atoms with E-state index in [1.54, 1.807) is 0 Å². The second kappa shape index (κ2) is 7.92. The molecular formula is C37H40O. The van der Waals surface area contributed by atoms with Gasteiger partial charge >= 0.3 is 0 Å². The zero-order valence-corrected chi connectivity index (χ0v) is 24.2. The molecule has 0 saturated carbocycles. The molecule has 0 amide bonds. The van der Waals surface area contributed by atoms with Crippen LogP contribution in [0.4, 0.5) is 0 Å². The molecule has 0 fully saturated rings. The van der Waals surface area contributed by atoms with Gasteiger partial charge in [0.25, 0.3) is 0 Å². The molecule has 0 aliphatic heterocycles. The average Bonchev–Trinajstić information content (AvgIpc) is 2.90. The summed E-state index contributed by atoms with van der Waals surface area (Å²) in [5.41, 5.74) is 10.9. The number of carbonyl (C=O) groups excluding carboxylic acids is 1. The average molecular weight is 501 g/mol. The minimum absolute atomic E-state index is 0.0115. The number of hydrogen-bond donors (Lipinski definition) is 0. The molecule has 0 saturated heterocycles. The van der Waals surface area contributed by atoms with Gasteiger partial charge in [0.2, 0.25) is 0 Å². The second-order valence-electron chi connectivity index (χ2n) is 13.8. The lowest BCUT2D eigenvalue weighted by Crippen LogP contribution is -2.46. The topological polar surface area (TPSA) is 17.1 Å². The van der Waals surface area contributed by atoms with Crippen molar-refractivity contribution in [2.75, 3.05) is 0 Å². The number of benzene rings is 3. The molecule has 0 spiro atoms. The Morgan fingerprint density at radius 3 is 1.89 bits per heavy atom. The van der Waals surface area contributed by atoms with Gasteiger partial charge in [0.05, 0.1) is 0 Å². The highest BCUT2D eigenvalue weighted by Gasteiger charge is 2.50. The van der Waals surface area contributed by atoms with Crippen LogP contribution >= 0.6 is 0 Å². The summed E-state index contributed by atoms with van der Waals surface area (Å²) in [7, 11) is 0. The first kappa shape index (κ1) is 25.1. The fourth-order valence-electron chi connectivity index (χ4n) is 7.32. The molecule has 38 heavy (non-hydrogen) atoms. The number of allylic oxidation sites excluding steroid dienone is 4. The zero-order valence-electron chi connectivity index (χ0n) is 24.2. The molecule has 0 heterocycles. The van der Waals surface area contributed by atoms with Crippen LogP contribution in [0.1, 0.15) is 94.4 Å². The molecule has 1 heteroatoms. The van der Waals surface area contributed by atoms with E-state index >= 15 is 0 Å². The maximum absolute atomic E-state index is 14.1. The largest absolute Gasteiger partial charge is 0.289 e. The summed E-state index contributed by atoms with van der Waals surface area (Å²) in [5.74, 6) is 0.378. The van der Waals surface area contributed by atoms with Gasteiger partial charge in [-0.15, -0.1) is 0 Å². The van der Waals surface area contributed by atoms with Crippen LogP contribution in [0.5, 0.6) is 0 Å². The predicted octanol–water partition coefficient (Wildman–Crippen LogP) is 9.45. The zero-order chi connectivity index (χ0) is 27.3. The van der Waals surface area contributed by atoms with Crippen LogP contribution in [0.2, 0.25) is 0 Å². The number of carbonyl (C=O) groups is 1. The van der Waals surface area contributed by atoms with Crippen molar-refractivity contribution >= 4 is 11.4 Å². The Morgan fingerprint density at radius 1 is 0.658 bits per heavy atom. The Labute approximate surface area is 228 Å². The normalized spacial score (nSPS) is 23.1. The third-order valence-corrected chi connectivity index (χ3v) is 11.2. The van der Waals surface area contributed by atoms with Crippen molar-refractivity contribution in [3.63, 3.8) is 0 Å². The van der Waals surface area contributed by atoms with E-state index in [2.05, 4.69) is 134 Å². The van der Waals surface area contributed by atoms with Gasteiger partial charge in [-0.3, -0.25) is 4.79 Å². The molecule has 6 rings (SSSR count). The third-order valence-electron chi connectivity index (χ3n) is 11.2. The van der Waals surface area contributed by atoms with Crippen LogP contribution in [0.15, 0.2) is 84.5 Å². The first-order valence-corrected chi connectivity index (χ1v) is 14.1. The van der Waals surface area contributed by atoms with Crippen molar-refractivity contribution in [3.05, 3.63) is 112 Å². The van der Waals surface area contributed by atoms with E-state index in [1.807, 2.05) is 0 Å². The van der Waals surface area contributed by atoms with Gasteiger partial charge in [-0.2, -0.15) is 0 Å². The highest BCUT2D eigenvalue weighted by Crippen LogP contribution is 2.59. The summed E-state index contributed by atoms with van der Waals surface area (Å²) < 4.78 is 0. The van der Waals surface area contributed by atoms with Crippen molar-refractivity contribution in [1.82, 2.24) is 0 Å². The van der Waals surface area contributed by atoms with Crippen LogP contribution in [0.3, 0.4) is 0 Å². The van der Waals surface area contributed by atoms with E-state index in [9.17, 15) is 4.79 Å². The Kier molecular flexibility index (Phi) is 5.23. The van der Waals surface area contributed by atoms with Crippen LogP contribution in [0.25, 0.3) is 16.7 Å². The summed E-state index contributed by atoms with van der Waals surface area (Å²) >= 11 is 0. The molecule has 0 bridgehead atoms. The van der Waals surface area contributed by atoms with Gasteiger partial charge in [-0.25, -0.2) is 0 Å². The number of fused-ring (bicyclic) bond motifs is 6. The van der Waals surface area contributed by atoms with E-state index in [-0.39, 0.29) is 33.4 Å². The van der Waals surface area contributed by atoms with Gasteiger partial charge in [-0.05, 0) is 73.1 Å². The number of rotatable bonds is 2. The molecule has 3 aliphatic carbocycles. The third kappa shape index (κ3) is 3.14. The monoisotopic (exact) mass is 500 g/mol. The van der Waals surface area contributed by atoms with Crippen LogP contribution in [-0.2, 0) is 16.2 Å². The van der Waals surface area contributed by atoms with Gasteiger partial charge in [0, 0.05) is 17.1 Å². The van der Waals surface area contributed by atoms with Crippen molar-refractivity contribution in [2.24, 2.45) is 11.3 Å². The lowest BCUT2D eigenvalue weighted by Gasteiger charge is -2.53. The molecule has 1 atom stereocenters. The van der Waals surface area contributed by atoms with Crippen LogP contribution < -0.4 is 0 Å². The molecule has 3 aromatic carbocycles. The van der Waals surface area contributed by atoms with E-state index < -0.39 is 0 Å². The van der Waals surface area contributed by atoms with Gasteiger partial charge < -0.3 is 0 Å². The molecule has 1 nitrogen and oxygen atoms in total. The first-order valence-electron chi connectivity index (χ1n) is 14.1. The number of hydrogen-bond acceptors (Lipinski definition) is 1. The summed E-state index contributed by atoms with van der Waals surface area (Å²) in [6, 6.07) is 24.0. The standard InChI is InChI=1S/C37H40O/c1-34(2)29-15-11-9-13-25(29)27-19-17-23(21-31(27)36(34,5)6)33(38)24-18-20-28-26-14-10-12-16-30(26)35(3,4)37(7,8)32(28)22-24/h9-17,19-22,32H,18H2,1-8H3. The molecule has 3 aliphatic rings. The molecule has 0 N–H and O–H groups in total. The molecular weight excluding hydrogens is 460 g/mol. The smallest absolute Gasteiger partial charge is 0.189 e. The van der Waals surface area contributed by atoms with Gasteiger partial charge in [0.1, 0.15) is 0 Å². The van der Waals surface area contributed by atoms with Gasteiger partial charge in [-0.1, -0.05) is 128 Å². The van der Waals surface area contributed by atoms with E-state index in [1.165, 1.54) is 39.0 Å². The minimum Gasteiger partial charge on any atom is -0.289 e. The van der Waals surface area contributed by atoms with Crippen molar-refractivity contribution in [2.45, 2.75) is 78.1 Å². The number of ketones is 1. The molecule has 0 radical (unpaired) electrons. The van der Waals surface area contributed by atoms with E-state index in [0.717, 1.165) is 11.1 Å². The summed E-state index contributed by atoms with van der Waals surface area (Å²) in [5, 5.41) is 0. The summed E-state index contributed by atoms with van der Waals surface area (Å²) in [6.07, 6.45) is 5.32. The van der Waals surface area contributed by atoms with Gasteiger partial charge in [0.15, 0.2) is 5.78 Å². The summed E-state index contributed by atoms with van der Waals surface area (Å²) in [4.78, 5) is 14.1. The SMILES string of the molecule is CC1(C)c2ccccc2-c2ccc(C(=O)C3=CC4C(=CC3)c3ccccc3C(C)(C)C4(C)C)cc2C1(C)C. The van der Waals surface area contributed by atoms with Crippen molar-refractivity contribution in [1.29, 1.82) is 0 Å². The van der Waals surface area contributed by atoms with Crippen molar-refractivity contribution < 1.29 is 4.79 Å². The van der Waals surface area contributed by atoms with E-state index in [4.69, 9.17) is 0 Å². The quantitative estimate of drug-likeness (QED) is 0.320. The van der Waals surface area contributed by atoms with E-state index in [0.29, 0.717) is 6.42 Å². The lowest BCUT2D eigenvalue weighted by molar-refractivity contribution is 0.102. The molecule has 3 aromatic rings. The predicted molar refractivity (Wildman–Crippen MR) is 160 cm³/mol. The lowest BCUT2D eigenvalue weighted by atomic mass is 9.50. The first-order chi connectivity index (χ1) is 17.8. The Balaban J connectivity index is 1.43. The maximum Gasteiger partial charge on any atom is 0.189 e.